The number of amides is 3. The lowest BCUT2D eigenvalue weighted by Gasteiger charge is -2.25. The third-order valence-corrected chi connectivity index (χ3v) is 6.76. The molecule has 12 heteroatoms. The third-order valence-electron chi connectivity index (χ3n) is 5.81. The number of anilines is 1. The molecule has 3 amide bonds. The standard InChI is InChI=1S/C22H27F3N6O2S/c23-22(24,25)14-5-4-6-16(11-14)26-12-18-29-30-21(31(18)17-7-2-1-3-8-17)34-13-19(32)28-20(33)27-15-9-10-15/h4-6,11,15,17,26H,1-3,7-10,12-13H2,(H2,27,28,32,33). The fourth-order valence-electron chi connectivity index (χ4n) is 3.96. The zero-order valence-corrected chi connectivity index (χ0v) is 19.3. The van der Waals surface area contributed by atoms with Gasteiger partial charge in [0.2, 0.25) is 5.91 Å². The largest absolute Gasteiger partial charge is 0.416 e. The molecular weight excluding hydrogens is 469 g/mol. The van der Waals surface area contributed by atoms with Gasteiger partial charge in [-0.15, -0.1) is 10.2 Å². The van der Waals surface area contributed by atoms with Crippen molar-refractivity contribution in [2.45, 2.75) is 74.9 Å². The smallest absolute Gasteiger partial charge is 0.378 e. The van der Waals surface area contributed by atoms with Gasteiger partial charge in [0, 0.05) is 17.8 Å². The second-order valence-corrected chi connectivity index (χ2v) is 9.52. The number of nitrogens with zero attached hydrogens (tertiary/aromatic N) is 3. The molecule has 2 aromatic rings. The van der Waals surface area contributed by atoms with Gasteiger partial charge in [-0.3, -0.25) is 10.1 Å². The van der Waals surface area contributed by atoms with Gasteiger partial charge in [0.1, 0.15) is 0 Å². The van der Waals surface area contributed by atoms with Gasteiger partial charge in [0.25, 0.3) is 0 Å². The highest BCUT2D eigenvalue weighted by Gasteiger charge is 2.30. The summed E-state index contributed by atoms with van der Waals surface area (Å²) in [5.41, 5.74) is -0.387. The lowest BCUT2D eigenvalue weighted by atomic mass is 9.95. The van der Waals surface area contributed by atoms with Crippen molar-refractivity contribution in [2.75, 3.05) is 11.1 Å². The highest BCUT2D eigenvalue weighted by molar-refractivity contribution is 7.99. The lowest BCUT2D eigenvalue weighted by molar-refractivity contribution is -0.137. The minimum absolute atomic E-state index is 0.00396. The van der Waals surface area contributed by atoms with Gasteiger partial charge in [-0.05, 0) is 43.9 Å². The van der Waals surface area contributed by atoms with E-state index in [1.807, 2.05) is 4.57 Å². The second-order valence-electron chi connectivity index (χ2n) is 8.58. The van der Waals surface area contributed by atoms with Crippen molar-refractivity contribution in [3.05, 3.63) is 35.7 Å². The Hall–Kier alpha value is -2.76. The topological polar surface area (TPSA) is 101 Å². The van der Waals surface area contributed by atoms with Crippen molar-refractivity contribution in [3.63, 3.8) is 0 Å². The average Bonchev–Trinajstić information content (AvgIpc) is 3.52. The van der Waals surface area contributed by atoms with Crippen LogP contribution in [0.5, 0.6) is 0 Å². The van der Waals surface area contributed by atoms with Crippen LogP contribution in [0.25, 0.3) is 0 Å². The van der Waals surface area contributed by atoms with Crippen molar-refractivity contribution < 1.29 is 22.8 Å². The van der Waals surface area contributed by atoms with E-state index >= 15 is 0 Å². The number of alkyl halides is 3. The number of hydrogen-bond acceptors (Lipinski definition) is 6. The van der Waals surface area contributed by atoms with E-state index in [2.05, 4.69) is 26.1 Å². The average molecular weight is 497 g/mol. The molecule has 2 aliphatic carbocycles. The maximum Gasteiger partial charge on any atom is 0.416 e. The molecule has 2 aliphatic rings. The van der Waals surface area contributed by atoms with E-state index in [1.165, 1.54) is 17.8 Å². The summed E-state index contributed by atoms with van der Waals surface area (Å²) in [5, 5.41) is 17.1. The van der Waals surface area contributed by atoms with Crippen molar-refractivity contribution >= 4 is 29.4 Å². The molecule has 2 saturated carbocycles. The Balaban J connectivity index is 1.42. The first-order valence-corrected chi connectivity index (χ1v) is 12.4. The zero-order chi connectivity index (χ0) is 24.1. The molecular formula is C22H27F3N6O2S. The van der Waals surface area contributed by atoms with Crippen LogP contribution in [0.15, 0.2) is 29.4 Å². The number of rotatable bonds is 8. The van der Waals surface area contributed by atoms with Gasteiger partial charge in [-0.2, -0.15) is 13.2 Å². The van der Waals surface area contributed by atoms with E-state index in [0.717, 1.165) is 57.1 Å². The molecule has 0 spiro atoms. The van der Waals surface area contributed by atoms with Gasteiger partial charge >= 0.3 is 12.2 Å². The maximum atomic E-state index is 13.0. The summed E-state index contributed by atoms with van der Waals surface area (Å²) in [6.45, 7) is 0.196. The normalized spacial score (nSPS) is 16.8. The molecule has 1 aromatic carbocycles. The van der Waals surface area contributed by atoms with E-state index < -0.39 is 23.7 Å². The van der Waals surface area contributed by atoms with E-state index in [-0.39, 0.29) is 24.4 Å². The Kier molecular flexibility index (Phi) is 7.64. The lowest BCUT2D eigenvalue weighted by Crippen LogP contribution is -2.41. The van der Waals surface area contributed by atoms with Crippen molar-refractivity contribution in [1.82, 2.24) is 25.4 Å². The van der Waals surface area contributed by atoms with Crippen LogP contribution in [-0.2, 0) is 17.5 Å². The molecule has 8 nitrogen and oxygen atoms in total. The van der Waals surface area contributed by atoms with Crippen LogP contribution >= 0.6 is 11.8 Å². The quantitative estimate of drug-likeness (QED) is 0.466. The number of imide groups is 1. The highest BCUT2D eigenvalue weighted by atomic mass is 32.2. The number of halogens is 3. The third kappa shape index (κ3) is 6.64. The van der Waals surface area contributed by atoms with E-state index in [1.54, 1.807) is 6.07 Å². The van der Waals surface area contributed by atoms with E-state index in [9.17, 15) is 22.8 Å². The molecule has 0 unspecified atom stereocenters. The molecule has 1 heterocycles. The van der Waals surface area contributed by atoms with Crippen molar-refractivity contribution in [1.29, 1.82) is 0 Å². The molecule has 0 atom stereocenters. The molecule has 34 heavy (non-hydrogen) atoms. The van der Waals surface area contributed by atoms with Crippen LogP contribution in [0.3, 0.4) is 0 Å². The Bertz CT molecular complexity index is 1020. The SMILES string of the molecule is O=C(CSc1nnc(CNc2cccc(C(F)(F)F)c2)n1C1CCCCC1)NC(=O)NC1CC1. The van der Waals surface area contributed by atoms with Crippen LogP contribution in [0.2, 0.25) is 0 Å². The number of urea groups is 1. The molecule has 184 valence electrons. The molecule has 3 N–H and O–H groups in total. The highest BCUT2D eigenvalue weighted by Crippen LogP contribution is 2.33. The molecule has 4 rings (SSSR count). The number of thioether (sulfide) groups is 1. The number of hydrogen-bond donors (Lipinski definition) is 3. The number of aromatic nitrogens is 3. The van der Waals surface area contributed by atoms with Gasteiger partial charge in [-0.1, -0.05) is 37.1 Å². The Morgan fingerprint density at radius 3 is 2.56 bits per heavy atom. The van der Waals surface area contributed by atoms with Crippen LogP contribution in [0, 0.1) is 0 Å². The molecule has 0 saturated heterocycles. The predicted molar refractivity (Wildman–Crippen MR) is 121 cm³/mol. The first-order chi connectivity index (χ1) is 16.3. The molecule has 1 aromatic heterocycles. The van der Waals surface area contributed by atoms with E-state index in [4.69, 9.17) is 0 Å². The minimum Gasteiger partial charge on any atom is -0.378 e. The van der Waals surface area contributed by atoms with Crippen molar-refractivity contribution in [3.8, 4) is 0 Å². The minimum atomic E-state index is -4.42. The van der Waals surface area contributed by atoms with E-state index in [0.29, 0.717) is 16.7 Å². The van der Waals surface area contributed by atoms with Gasteiger partial charge < -0.3 is 15.2 Å². The molecule has 0 bridgehead atoms. The second kappa shape index (κ2) is 10.7. The fraction of sp³-hybridized carbons (Fsp3) is 0.545. The number of carbonyl (C=O) groups is 2. The van der Waals surface area contributed by atoms with Crippen LogP contribution in [-0.4, -0.2) is 38.5 Å². The van der Waals surface area contributed by atoms with Gasteiger partial charge in [0.15, 0.2) is 11.0 Å². The number of nitrogens with one attached hydrogen (secondary N) is 3. The Morgan fingerprint density at radius 2 is 1.85 bits per heavy atom. The number of carbonyl (C=O) groups excluding carboxylic acids is 2. The molecule has 0 radical (unpaired) electrons. The first-order valence-electron chi connectivity index (χ1n) is 11.4. The first kappa shape index (κ1) is 24.4. The van der Waals surface area contributed by atoms with Crippen LogP contribution in [0.4, 0.5) is 23.7 Å². The van der Waals surface area contributed by atoms with Gasteiger partial charge in [0.05, 0.1) is 17.9 Å². The van der Waals surface area contributed by atoms with Gasteiger partial charge in [-0.25, -0.2) is 4.79 Å². The fourth-order valence-corrected chi connectivity index (χ4v) is 4.79. The summed E-state index contributed by atoms with van der Waals surface area (Å²) in [6, 6.07) is 4.84. The monoisotopic (exact) mass is 496 g/mol. The summed E-state index contributed by atoms with van der Waals surface area (Å²) >= 11 is 1.19. The Labute approximate surface area is 199 Å². The van der Waals surface area contributed by atoms with Crippen LogP contribution < -0.4 is 16.0 Å². The summed E-state index contributed by atoms with van der Waals surface area (Å²) < 4.78 is 41.1. The van der Waals surface area contributed by atoms with Crippen LogP contribution in [0.1, 0.15) is 62.4 Å². The molecule has 0 aliphatic heterocycles. The maximum absolute atomic E-state index is 13.0. The zero-order valence-electron chi connectivity index (χ0n) is 18.5. The summed E-state index contributed by atoms with van der Waals surface area (Å²) in [7, 11) is 0. The summed E-state index contributed by atoms with van der Waals surface area (Å²) in [5.74, 6) is 0.174. The Morgan fingerprint density at radius 1 is 1.09 bits per heavy atom. The van der Waals surface area contributed by atoms with Crippen molar-refractivity contribution in [2.24, 2.45) is 0 Å². The summed E-state index contributed by atoms with van der Waals surface area (Å²) in [6.07, 6.45) is 2.61. The number of benzene rings is 1. The summed E-state index contributed by atoms with van der Waals surface area (Å²) in [4.78, 5) is 24.0. The predicted octanol–water partition coefficient (Wildman–Crippen LogP) is 4.49. The molecule has 2 fully saturated rings.